The summed E-state index contributed by atoms with van der Waals surface area (Å²) in [5.74, 6) is 0. The molecule has 0 aliphatic rings. The molecule has 0 aromatic heterocycles. The Balaban J connectivity index is 2.88. The lowest BCUT2D eigenvalue weighted by atomic mass is 10.1. The Morgan fingerprint density at radius 3 is 2.28 bits per heavy atom. The quantitative estimate of drug-likeness (QED) is 0.814. The summed E-state index contributed by atoms with van der Waals surface area (Å²) in [5, 5.41) is 0.351. The summed E-state index contributed by atoms with van der Waals surface area (Å²) in [4.78, 5) is -0.814. The maximum Gasteiger partial charge on any atom is 0.501 e. The van der Waals surface area contributed by atoms with E-state index in [9.17, 15) is 21.6 Å². The summed E-state index contributed by atoms with van der Waals surface area (Å²) in [6.45, 7) is 0. The zero-order valence-electron chi connectivity index (χ0n) is 8.90. The van der Waals surface area contributed by atoms with E-state index in [0.717, 1.165) is 6.07 Å². The van der Waals surface area contributed by atoms with Gasteiger partial charge in [-0.2, -0.15) is 13.2 Å². The Morgan fingerprint density at radius 2 is 1.67 bits per heavy atom. The predicted octanol–water partition coefficient (Wildman–Crippen LogP) is 2.72. The van der Waals surface area contributed by atoms with E-state index < -0.39 is 20.2 Å². The van der Waals surface area contributed by atoms with Crippen molar-refractivity contribution in [2.24, 2.45) is 0 Å². The first-order valence-corrected chi connectivity index (χ1v) is 6.31. The maximum atomic E-state index is 12.5. The molecule has 0 bridgehead atoms. The van der Waals surface area contributed by atoms with Crippen molar-refractivity contribution in [1.82, 2.24) is 0 Å². The Labute approximate surface area is 101 Å². The fourth-order valence-electron chi connectivity index (χ4n) is 1.64. The van der Waals surface area contributed by atoms with Gasteiger partial charge in [0.1, 0.15) is 0 Å². The second kappa shape index (κ2) is 3.88. The smallest absolute Gasteiger partial charge is 0.399 e. The molecule has 18 heavy (non-hydrogen) atoms. The molecule has 0 atom stereocenters. The van der Waals surface area contributed by atoms with Crippen LogP contribution in [0.25, 0.3) is 10.8 Å². The lowest BCUT2D eigenvalue weighted by molar-refractivity contribution is -0.0435. The second-order valence-corrected chi connectivity index (χ2v) is 5.60. The van der Waals surface area contributed by atoms with Crippen LogP contribution in [0.4, 0.5) is 18.9 Å². The van der Waals surface area contributed by atoms with E-state index >= 15 is 0 Å². The number of fused-ring (bicyclic) bond motifs is 1. The van der Waals surface area contributed by atoms with Crippen LogP contribution in [0.5, 0.6) is 0 Å². The normalized spacial score (nSPS) is 12.8. The minimum atomic E-state index is -5.41. The lowest BCUT2D eigenvalue weighted by Crippen LogP contribution is -2.23. The van der Waals surface area contributed by atoms with Gasteiger partial charge in [-0.15, -0.1) is 0 Å². The molecule has 0 amide bonds. The first-order valence-electron chi connectivity index (χ1n) is 4.83. The third-order valence-corrected chi connectivity index (χ3v) is 3.97. The van der Waals surface area contributed by atoms with E-state index in [1.165, 1.54) is 24.3 Å². The standard InChI is InChI=1S/C11H8F3NO2S/c12-11(13,14)18(16,17)10-6-8(15)5-7-3-1-2-4-9(7)10/h1-6H,15H2. The van der Waals surface area contributed by atoms with Gasteiger partial charge in [-0.1, -0.05) is 24.3 Å². The Bertz CT molecular complexity index is 708. The second-order valence-electron chi connectivity index (χ2n) is 3.69. The maximum absolute atomic E-state index is 12.5. The molecule has 2 aromatic carbocycles. The number of hydrogen-bond acceptors (Lipinski definition) is 3. The van der Waals surface area contributed by atoms with E-state index in [4.69, 9.17) is 5.73 Å². The van der Waals surface area contributed by atoms with Gasteiger partial charge in [-0.3, -0.25) is 0 Å². The van der Waals surface area contributed by atoms with Gasteiger partial charge >= 0.3 is 5.51 Å². The number of rotatable bonds is 1. The van der Waals surface area contributed by atoms with Crippen LogP contribution in [-0.2, 0) is 9.84 Å². The Hall–Kier alpha value is -1.76. The number of nitrogen functional groups attached to an aromatic ring is 1. The van der Waals surface area contributed by atoms with Crippen LogP contribution in [0.1, 0.15) is 0 Å². The molecule has 2 N–H and O–H groups in total. The number of benzene rings is 2. The van der Waals surface area contributed by atoms with Gasteiger partial charge in [0.15, 0.2) is 0 Å². The van der Waals surface area contributed by atoms with Gasteiger partial charge in [0.25, 0.3) is 9.84 Å². The van der Waals surface area contributed by atoms with Crippen LogP contribution in [0.3, 0.4) is 0 Å². The molecule has 0 aliphatic carbocycles. The molecule has 0 saturated heterocycles. The Kier molecular flexibility index (Phi) is 2.73. The molecule has 96 valence electrons. The third kappa shape index (κ3) is 1.90. The zero-order chi connectivity index (χ0) is 13.6. The van der Waals surface area contributed by atoms with Crippen molar-refractivity contribution >= 4 is 26.3 Å². The largest absolute Gasteiger partial charge is 0.501 e. The van der Waals surface area contributed by atoms with Crippen LogP contribution in [0.15, 0.2) is 41.3 Å². The summed E-state index contributed by atoms with van der Waals surface area (Å²) in [6, 6.07) is 8.12. The van der Waals surface area contributed by atoms with Gasteiger partial charge in [0, 0.05) is 11.1 Å². The number of halogens is 3. The molecule has 3 nitrogen and oxygen atoms in total. The average Bonchev–Trinajstić information content (AvgIpc) is 2.26. The van der Waals surface area contributed by atoms with Gasteiger partial charge in [-0.05, 0) is 17.5 Å². The molecule has 0 radical (unpaired) electrons. The molecule has 2 aromatic rings. The van der Waals surface area contributed by atoms with Crippen LogP contribution >= 0.6 is 0 Å². The molecule has 0 aliphatic heterocycles. The number of alkyl halides is 3. The molecule has 2 rings (SSSR count). The van der Waals surface area contributed by atoms with Gasteiger partial charge < -0.3 is 5.73 Å². The summed E-state index contributed by atoms with van der Waals surface area (Å²) in [6.07, 6.45) is 0. The van der Waals surface area contributed by atoms with Crippen LogP contribution in [-0.4, -0.2) is 13.9 Å². The molecule has 0 unspecified atom stereocenters. The van der Waals surface area contributed by atoms with Crippen molar-refractivity contribution < 1.29 is 21.6 Å². The highest BCUT2D eigenvalue weighted by Crippen LogP contribution is 2.35. The highest BCUT2D eigenvalue weighted by Gasteiger charge is 2.47. The molecule has 0 fully saturated rings. The van der Waals surface area contributed by atoms with E-state index in [-0.39, 0.29) is 11.1 Å². The number of nitrogens with two attached hydrogens (primary N) is 1. The third-order valence-electron chi connectivity index (χ3n) is 2.44. The number of hydrogen-bond donors (Lipinski definition) is 1. The SMILES string of the molecule is Nc1cc(S(=O)(=O)C(F)(F)F)c2ccccc2c1. The number of sulfone groups is 1. The van der Waals surface area contributed by atoms with Gasteiger partial charge in [-0.25, -0.2) is 8.42 Å². The fraction of sp³-hybridized carbons (Fsp3) is 0.0909. The minimum absolute atomic E-state index is 0.00373. The molecule has 0 saturated carbocycles. The first kappa shape index (κ1) is 12.7. The summed E-state index contributed by atoms with van der Waals surface area (Å²) in [7, 11) is -5.41. The monoisotopic (exact) mass is 275 g/mol. The van der Waals surface area contributed by atoms with Crippen molar-refractivity contribution in [2.45, 2.75) is 10.4 Å². The Morgan fingerprint density at radius 1 is 1.06 bits per heavy atom. The van der Waals surface area contributed by atoms with Crippen molar-refractivity contribution in [3.63, 3.8) is 0 Å². The zero-order valence-corrected chi connectivity index (χ0v) is 9.72. The fourth-order valence-corrected chi connectivity index (χ4v) is 2.66. The van der Waals surface area contributed by atoms with E-state index in [2.05, 4.69) is 0 Å². The van der Waals surface area contributed by atoms with Crippen molar-refractivity contribution in [2.75, 3.05) is 5.73 Å². The molecule has 0 heterocycles. The van der Waals surface area contributed by atoms with Crippen molar-refractivity contribution in [3.8, 4) is 0 Å². The lowest BCUT2D eigenvalue weighted by Gasteiger charge is -2.11. The van der Waals surface area contributed by atoms with Crippen molar-refractivity contribution in [1.29, 1.82) is 0 Å². The van der Waals surface area contributed by atoms with E-state index in [1.54, 1.807) is 6.07 Å². The summed E-state index contributed by atoms with van der Waals surface area (Å²) < 4.78 is 60.5. The minimum Gasteiger partial charge on any atom is -0.399 e. The summed E-state index contributed by atoms with van der Waals surface area (Å²) >= 11 is 0. The van der Waals surface area contributed by atoms with Crippen LogP contribution in [0, 0.1) is 0 Å². The van der Waals surface area contributed by atoms with Crippen LogP contribution < -0.4 is 5.73 Å². The topological polar surface area (TPSA) is 60.2 Å². The van der Waals surface area contributed by atoms with Gasteiger partial charge in [0.05, 0.1) is 4.90 Å². The number of anilines is 1. The molecule has 0 spiro atoms. The van der Waals surface area contributed by atoms with Crippen LogP contribution in [0.2, 0.25) is 0 Å². The molecule has 7 heteroatoms. The van der Waals surface area contributed by atoms with E-state index in [1.807, 2.05) is 0 Å². The highest BCUT2D eigenvalue weighted by molar-refractivity contribution is 7.92. The predicted molar refractivity (Wildman–Crippen MR) is 61.6 cm³/mol. The van der Waals surface area contributed by atoms with Gasteiger partial charge in [0.2, 0.25) is 0 Å². The van der Waals surface area contributed by atoms with E-state index in [0.29, 0.717) is 5.39 Å². The molecular weight excluding hydrogens is 267 g/mol. The van der Waals surface area contributed by atoms with Crippen molar-refractivity contribution in [3.05, 3.63) is 36.4 Å². The highest BCUT2D eigenvalue weighted by atomic mass is 32.2. The molecular formula is C11H8F3NO2S. The average molecular weight is 275 g/mol. The first-order chi connectivity index (χ1) is 8.23. The summed E-state index contributed by atoms with van der Waals surface area (Å²) in [5.41, 5.74) is 0.0582.